The van der Waals surface area contributed by atoms with E-state index in [0.29, 0.717) is 5.75 Å². The molecule has 3 rings (SSSR count). The van der Waals surface area contributed by atoms with Gasteiger partial charge in [0.2, 0.25) is 5.91 Å². The minimum absolute atomic E-state index is 0.105. The second-order valence-electron chi connectivity index (χ2n) is 7.19. The van der Waals surface area contributed by atoms with Crippen LogP contribution in [-0.4, -0.2) is 20.6 Å². The van der Waals surface area contributed by atoms with E-state index in [1.54, 1.807) is 12.1 Å². The van der Waals surface area contributed by atoms with Crippen LogP contribution in [0.3, 0.4) is 0 Å². The molecule has 0 saturated carbocycles. The number of rotatable bonds is 7. The molecule has 0 fully saturated rings. The number of ether oxygens (including phenoxy) is 1. The fourth-order valence-corrected chi connectivity index (χ4v) is 3.34. The standard InChI is InChI=1S/C21H19ClF2N4O4/c1-11-4-12(2)6-16(5-11)32-17-8-14(7-15(9-17)28(30)31)25-18(29)10-27-13(3)19(22)20(26-27)21(23)24/h4-9,21H,10H2,1-3H3,(H,25,29). The van der Waals surface area contributed by atoms with Crippen LogP contribution in [-0.2, 0) is 11.3 Å². The molecule has 0 saturated heterocycles. The van der Waals surface area contributed by atoms with Gasteiger partial charge >= 0.3 is 0 Å². The third-order valence-electron chi connectivity index (χ3n) is 4.47. The van der Waals surface area contributed by atoms with Crippen molar-refractivity contribution >= 4 is 28.9 Å². The largest absolute Gasteiger partial charge is 0.457 e. The second-order valence-corrected chi connectivity index (χ2v) is 7.57. The van der Waals surface area contributed by atoms with E-state index in [-0.39, 0.29) is 27.8 Å². The molecule has 0 bridgehead atoms. The van der Waals surface area contributed by atoms with Gasteiger partial charge in [0.1, 0.15) is 23.7 Å². The fourth-order valence-electron chi connectivity index (χ4n) is 3.13. The molecule has 0 unspecified atom stereocenters. The van der Waals surface area contributed by atoms with Gasteiger partial charge in [-0.05, 0) is 44.0 Å². The molecule has 0 spiro atoms. The summed E-state index contributed by atoms with van der Waals surface area (Å²) in [4.78, 5) is 23.2. The topological polar surface area (TPSA) is 99.3 Å². The third-order valence-corrected chi connectivity index (χ3v) is 4.94. The number of alkyl halides is 2. The van der Waals surface area contributed by atoms with E-state index in [1.807, 2.05) is 19.9 Å². The van der Waals surface area contributed by atoms with Crippen molar-refractivity contribution in [3.8, 4) is 11.5 Å². The van der Waals surface area contributed by atoms with Crippen LogP contribution in [0.25, 0.3) is 0 Å². The Labute approximate surface area is 186 Å². The molecule has 1 amide bonds. The number of anilines is 1. The molecule has 11 heteroatoms. The third kappa shape index (κ3) is 5.38. The molecular formula is C21H19ClF2N4O4. The van der Waals surface area contributed by atoms with Gasteiger partial charge in [-0.1, -0.05) is 17.7 Å². The molecule has 168 valence electrons. The summed E-state index contributed by atoms with van der Waals surface area (Å²) in [5.74, 6) is 0.00495. The highest BCUT2D eigenvalue weighted by Gasteiger charge is 2.22. The lowest BCUT2D eigenvalue weighted by atomic mass is 10.1. The molecule has 1 aromatic heterocycles. The summed E-state index contributed by atoms with van der Waals surface area (Å²) in [7, 11) is 0. The number of benzene rings is 2. The Morgan fingerprint density at radius 1 is 1.16 bits per heavy atom. The number of aryl methyl sites for hydroxylation is 2. The Morgan fingerprint density at radius 3 is 2.34 bits per heavy atom. The van der Waals surface area contributed by atoms with Gasteiger partial charge in [-0.2, -0.15) is 5.10 Å². The van der Waals surface area contributed by atoms with Crippen molar-refractivity contribution in [3.05, 3.63) is 74.0 Å². The van der Waals surface area contributed by atoms with Gasteiger partial charge in [0.05, 0.1) is 27.4 Å². The highest BCUT2D eigenvalue weighted by atomic mass is 35.5. The summed E-state index contributed by atoms with van der Waals surface area (Å²) in [6.45, 7) is 4.83. The molecule has 1 N–H and O–H groups in total. The maximum atomic E-state index is 13.0. The summed E-state index contributed by atoms with van der Waals surface area (Å²) in [5, 5.41) is 17.3. The van der Waals surface area contributed by atoms with E-state index >= 15 is 0 Å². The number of hydrogen-bond acceptors (Lipinski definition) is 5. The number of hydrogen-bond donors (Lipinski definition) is 1. The SMILES string of the molecule is Cc1cc(C)cc(Oc2cc(NC(=O)Cn3nc(C(F)F)c(Cl)c3C)cc([N+](=O)[O-])c2)c1. The van der Waals surface area contributed by atoms with Crippen LogP contribution in [0.4, 0.5) is 20.2 Å². The lowest BCUT2D eigenvalue weighted by Gasteiger charge is -2.11. The number of amides is 1. The molecule has 0 atom stereocenters. The quantitative estimate of drug-likeness (QED) is 0.355. The molecular weight excluding hydrogens is 446 g/mol. The Morgan fingerprint density at radius 2 is 1.78 bits per heavy atom. The van der Waals surface area contributed by atoms with Crippen molar-refractivity contribution in [2.24, 2.45) is 0 Å². The van der Waals surface area contributed by atoms with Gasteiger partial charge in [0.25, 0.3) is 12.1 Å². The first-order valence-corrected chi connectivity index (χ1v) is 9.77. The van der Waals surface area contributed by atoms with Crippen LogP contribution in [0, 0.1) is 30.9 Å². The molecule has 8 nitrogen and oxygen atoms in total. The summed E-state index contributed by atoms with van der Waals surface area (Å²) in [6, 6.07) is 9.33. The number of nitro benzene ring substituents is 1. The maximum Gasteiger partial charge on any atom is 0.283 e. The molecule has 0 aliphatic carbocycles. The van der Waals surface area contributed by atoms with Crippen LogP contribution in [0.1, 0.15) is 28.9 Å². The van der Waals surface area contributed by atoms with Crippen molar-refractivity contribution in [3.63, 3.8) is 0 Å². The van der Waals surface area contributed by atoms with E-state index in [4.69, 9.17) is 16.3 Å². The average Bonchev–Trinajstić information content (AvgIpc) is 2.95. The van der Waals surface area contributed by atoms with Gasteiger partial charge in [-0.3, -0.25) is 19.6 Å². The van der Waals surface area contributed by atoms with Crippen LogP contribution in [0.15, 0.2) is 36.4 Å². The van der Waals surface area contributed by atoms with E-state index in [9.17, 15) is 23.7 Å². The maximum absolute atomic E-state index is 13.0. The zero-order valence-corrected chi connectivity index (χ0v) is 18.1. The van der Waals surface area contributed by atoms with Gasteiger partial charge in [-0.15, -0.1) is 0 Å². The molecule has 2 aromatic carbocycles. The Kier molecular flexibility index (Phi) is 6.73. The van der Waals surface area contributed by atoms with Gasteiger partial charge < -0.3 is 10.1 Å². The summed E-state index contributed by atoms with van der Waals surface area (Å²) < 4.78 is 32.7. The van der Waals surface area contributed by atoms with Gasteiger partial charge in [-0.25, -0.2) is 8.78 Å². The van der Waals surface area contributed by atoms with E-state index in [0.717, 1.165) is 15.8 Å². The fraction of sp³-hybridized carbons (Fsp3) is 0.238. The molecule has 0 aliphatic rings. The number of non-ortho nitro benzene ring substituents is 1. The lowest BCUT2D eigenvalue weighted by Crippen LogP contribution is -2.20. The number of halogens is 3. The van der Waals surface area contributed by atoms with E-state index in [1.165, 1.54) is 25.1 Å². The van der Waals surface area contributed by atoms with Crippen molar-refractivity contribution < 1.29 is 23.2 Å². The molecule has 0 aliphatic heterocycles. The number of aromatic nitrogens is 2. The first-order chi connectivity index (χ1) is 15.0. The smallest absolute Gasteiger partial charge is 0.283 e. The highest BCUT2D eigenvalue weighted by Crippen LogP contribution is 2.31. The first-order valence-electron chi connectivity index (χ1n) is 9.40. The van der Waals surface area contributed by atoms with Crippen molar-refractivity contribution in [2.45, 2.75) is 33.7 Å². The number of nitrogens with zero attached hydrogens (tertiary/aromatic N) is 3. The highest BCUT2D eigenvalue weighted by molar-refractivity contribution is 6.31. The summed E-state index contributed by atoms with van der Waals surface area (Å²) in [5.41, 5.74) is 1.31. The monoisotopic (exact) mass is 464 g/mol. The average molecular weight is 465 g/mol. The summed E-state index contributed by atoms with van der Waals surface area (Å²) in [6.07, 6.45) is -2.88. The molecule has 0 radical (unpaired) electrons. The Balaban J connectivity index is 1.83. The van der Waals surface area contributed by atoms with E-state index in [2.05, 4.69) is 10.4 Å². The zero-order valence-electron chi connectivity index (χ0n) is 17.4. The predicted octanol–water partition coefficient (Wildman–Crippen LogP) is 5.74. The van der Waals surface area contributed by atoms with Gasteiger partial charge in [0.15, 0.2) is 0 Å². The number of carbonyl (C=O) groups excluding carboxylic acids is 1. The van der Waals surface area contributed by atoms with Crippen molar-refractivity contribution in [2.75, 3.05) is 5.32 Å². The Bertz CT molecular complexity index is 1180. The minimum atomic E-state index is -2.88. The summed E-state index contributed by atoms with van der Waals surface area (Å²) >= 11 is 5.84. The number of nitrogens with one attached hydrogen (secondary N) is 1. The van der Waals surface area contributed by atoms with Crippen LogP contribution in [0.5, 0.6) is 11.5 Å². The van der Waals surface area contributed by atoms with Crippen LogP contribution >= 0.6 is 11.6 Å². The molecule has 1 heterocycles. The minimum Gasteiger partial charge on any atom is -0.457 e. The predicted molar refractivity (Wildman–Crippen MR) is 115 cm³/mol. The molecule has 3 aromatic rings. The zero-order chi connectivity index (χ0) is 23.6. The molecule has 32 heavy (non-hydrogen) atoms. The van der Waals surface area contributed by atoms with Gasteiger partial charge in [0, 0.05) is 12.1 Å². The first kappa shape index (κ1) is 23.1. The second kappa shape index (κ2) is 9.31. The normalized spacial score (nSPS) is 11.0. The van der Waals surface area contributed by atoms with Crippen molar-refractivity contribution in [1.82, 2.24) is 9.78 Å². The Hall–Kier alpha value is -3.53. The van der Waals surface area contributed by atoms with Crippen LogP contribution < -0.4 is 10.1 Å². The lowest BCUT2D eigenvalue weighted by molar-refractivity contribution is -0.384. The van der Waals surface area contributed by atoms with Crippen molar-refractivity contribution in [1.29, 1.82) is 0 Å². The van der Waals surface area contributed by atoms with E-state index < -0.39 is 29.5 Å². The number of carbonyl (C=O) groups is 1. The van der Waals surface area contributed by atoms with Crippen LogP contribution in [0.2, 0.25) is 5.02 Å². The number of nitro groups is 1.